The van der Waals surface area contributed by atoms with E-state index in [9.17, 15) is 5.11 Å². The van der Waals surface area contributed by atoms with E-state index in [4.69, 9.17) is 4.74 Å². The first-order valence-electron chi connectivity index (χ1n) is 12.0. The number of anilines is 1. The van der Waals surface area contributed by atoms with Crippen LogP contribution in [-0.4, -0.2) is 26.7 Å². The highest BCUT2D eigenvalue weighted by Gasteiger charge is 2.12. The fourth-order valence-corrected chi connectivity index (χ4v) is 4.83. The van der Waals surface area contributed by atoms with E-state index in [1.807, 2.05) is 79.2 Å². The van der Waals surface area contributed by atoms with Crippen LogP contribution >= 0.6 is 11.3 Å². The average molecular weight is 497 g/mol. The summed E-state index contributed by atoms with van der Waals surface area (Å²) in [6, 6.07) is 25.9. The minimum Gasteiger partial charge on any atom is -0.493 e. The zero-order valence-corrected chi connectivity index (χ0v) is 21.1. The monoisotopic (exact) mass is 496 g/mol. The lowest BCUT2D eigenvalue weighted by Crippen LogP contribution is -2.10. The molecule has 0 bridgehead atoms. The lowest BCUT2D eigenvalue weighted by atomic mass is 10.1. The number of aromatic nitrogens is 3. The van der Waals surface area contributed by atoms with Crippen molar-refractivity contribution in [1.82, 2.24) is 15.0 Å². The number of thiazole rings is 1. The van der Waals surface area contributed by atoms with Crippen LogP contribution in [0.25, 0.3) is 21.5 Å². The molecule has 0 amide bonds. The van der Waals surface area contributed by atoms with Crippen molar-refractivity contribution < 1.29 is 9.84 Å². The Bertz CT molecular complexity index is 1450. The quantitative estimate of drug-likeness (QED) is 0.235. The molecule has 0 spiro atoms. The highest BCUT2D eigenvalue weighted by Crippen LogP contribution is 2.28. The van der Waals surface area contributed by atoms with Gasteiger partial charge < -0.3 is 15.2 Å². The maximum atomic E-state index is 10.4. The molecular weight excluding hydrogens is 468 g/mol. The van der Waals surface area contributed by atoms with Crippen LogP contribution in [-0.2, 0) is 0 Å². The number of aliphatic hydroxyl groups excluding tert-OH is 1. The number of hydrogen-bond donors (Lipinski definition) is 2. The van der Waals surface area contributed by atoms with Gasteiger partial charge in [0.05, 0.1) is 40.2 Å². The number of nitrogens with one attached hydrogen (secondary N) is 1. The first-order valence-corrected chi connectivity index (χ1v) is 12.8. The summed E-state index contributed by atoms with van der Waals surface area (Å²) in [4.78, 5) is 13.6. The Balaban J connectivity index is 1.25. The number of aliphatic hydroxyl groups is 1. The Hall–Kier alpha value is -3.81. The van der Waals surface area contributed by atoms with Crippen LogP contribution in [0.15, 0.2) is 84.4 Å². The van der Waals surface area contributed by atoms with Crippen LogP contribution in [0.2, 0.25) is 0 Å². The third-order valence-electron chi connectivity index (χ3n) is 6.03. The first-order chi connectivity index (χ1) is 17.5. The number of ether oxygens (including phenoxy) is 1. The molecule has 2 atom stereocenters. The van der Waals surface area contributed by atoms with Crippen molar-refractivity contribution in [2.24, 2.45) is 0 Å². The molecule has 0 aliphatic rings. The SMILES string of the molecule is Cc1nc(NC(C)c2cccc(OCC[C@H](O)c3ccccc3)c2)cc(-c2ccc3ncsc3c2)n1. The van der Waals surface area contributed by atoms with Crippen molar-refractivity contribution in [3.63, 3.8) is 0 Å². The van der Waals surface area contributed by atoms with Crippen LogP contribution in [0, 0.1) is 6.92 Å². The Morgan fingerprint density at radius 2 is 1.78 bits per heavy atom. The van der Waals surface area contributed by atoms with E-state index in [-0.39, 0.29) is 6.04 Å². The minimum atomic E-state index is -0.540. The van der Waals surface area contributed by atoms with Gasteiger partial charge in [0.2, 0.25) is 0 Å². The molecule has 2 heterocycles. The van der Waals surface area contributed by atoms with Gasteiger partial charge in [0.1, 0.15) is 17.4 Å². The molecule has 0 saturated heterocycles. The van der Waals surface area contributed by atoms with E-state index in [1.54, 1.807) is 11.3 Å². The normalized spacial score (nSPS) is 12.9. The molecule has 6 nitrogen and oxygen atoms in total. The van der Waals surface area contributed by atoms with Gasteiger partial charge in [-0.3, -0.25) is 0 Å². The molecule has 2 N–H and O–H groups in total. The number of benzene rings is 3. The third-order valence-corrected chi connectivity index (χ3v) is 6.82. The topological polar surface area (TPSA) is 80.2 Å². The van der Waals surface area contributed by atoms with Crippen LogP contribution < -0.4 is 10.1 Å². The van der Waals surface area contributed by atoms with Crippen LogP contribution in [0.1, 0.15) is 42.4 Å². The van der Waals surface area contributed by atoms with Gasteiger partial charge in [-0.1, -0.05) is 48.5 Å². The molecule has 0 aliphatic carbocycles. The van der Waals surface area contributed by atoms with E-state index in [0.717, 1.165) is 44.2 Å². The summed E-state index contributed by atoms with van der Waals surface area (Å²) >= 11 is 1.62. The molecule has 36 heavy (non-hydrogen) atoms. The maximum Gasteiger partial charge on any atom is 0.130 e. The lowest BCUT2D eigenvalue weighted by Gasteiger charge is -2.17. The smallest absolute Gasteiger partial charge is 0.130 e. The highest BCUT2D eigenvalue weighted by molar-refractivity contribution is 7.16. The Labute approximate surface area is 214 Å². The van der Waals surface area contributed by atoms with Gasteiger partial charge in [-0.15, -0.1) is 11.3 Å². The Morgan fingerprint density at radius 1 is 0.944 bits per heavy atom. The zero-order valence-electron chi connectivity index (χ0n) is 20.3. The van der Waals surface area contributed by atoms with Gasteiger partial charge in [0.15, 0.2) is 0 Å². The summed E-state index contributed by atoms with van der Waals surface area (Å²) in [6.07, 6.45) is -0.0137. The minimum absolute atomic E-state index is 0.00888. The van der Waals surface area contributed by atoms with E-state index in [0.29, 0.717) is 18.9 Å². The zero-order chi connectivity index (χ0) is 24.9. The van der Waals surface area contributed by atoms with Crippen molar-refractivity contribution in [3.05, 3.63) is 101 Å². The van der Waals surface area contributed by atoms with Crippen molar-refractivity contribution >= 4 is 27.4 Å². The Morgan fingerprint density at radius 3 is 2.64 bits per heavy atom. The number of fused-ring (bicyclic) bond motifs is 1. The van der Waals surface area contributed by atoms with Crippen LogP contribution in [0.5, 0.6) is 5.75 Å². The molecule has 7 heteroatoms. The molecule has 1 unspecified atom stereocenters. The fourth-order valence-electron chi connectivity index (χ4n) is 4.11. The molecule has 0 radical (unpaired) electrons. The molecule has 0 aliphatic heterocycles. The van der Waals surface area contributed by atoms with E-state index < -0.39 is 6.10 Å². The molecule has 5 aromatic rings. The van der Waals surface area contributed by atoms with Crippen molar-refractivity contribution in [2.75, 3.05) is 11.9 Å². The van der Waals surface area contributed by atoms with Crippen molar-refractivity contribution in [1.29, 1.82) is 0 Å². The van der Waals surface area contributed by atoms with Gasteiger partial charge in [-0.05, 0) is 49.2 Å². The number of rotatable bonds is 9. The lowest BCUT2D eigenvalue weighted by molar-refractivity contribution is 0.141. The fraction of sp³-hybridized carbons (Fsp3) is 0.207. The Kier molecular flexibility index (Phi) is 7.21. The van der Waals surface area contributed by atoms with Gasteiger partial charge in [-0.2, -0.15) is 0 Å². The number of hydrogen-bond acceptors (Lipinski definition) is 7. The molecule has 0 saturated carbocycles. The molecule has 182 valence electrons. The molecule has 3 aromatic carbocycles. The van der Waals surface area contributed by atoms with Crippen LogP contribution in [0.3, 0.4) is 0 Å². The van der Waals surface area contributed by atoms with Gasteiger partial charge in [-0.25, -0.2) is 15.0 Å². The van der Waals surface area contributed by atoms with Gasteiger partial charge in [0, 0.05) is 18.1 Å². The van der Waals surface area contributed by atoms with Crippen molar-refractivity contribution in [2.45, 2.75) is 32.4 Å². The van der Waals surface area contributed by atoms with Crippen LogP contribution in [0.4, 0.5) is 5.82 Å². The predicted octanol–water partition coefficient (Wildman–Crippen LogP) is 6.74. The second-order valence-corrected chi connectivity index (χ2v) is 9.61. The summed E-state index contributed by atoms with van der Waals surface area (Å²) in [6.45, 7) is 4.43. The summed E-state index contributed by atoms with van der Waals surface area (Å²) in [5.74, 6) is 2.26. The molecular formula is C29H28N4O2S. The maximum absolute atomic E-state index is 10.4. The second-order valence-electron chi connectivity index (χ2n) is 8.72. The predicted molar refractivity (Wildman–Crippen MR) is 145 cm³/mol. The highest BCUT2D eigenvalue weighted by atomic mass is 32.1. The summed E-state index contributed by atoms with van der Waals surface area (Å²) in [5, 5.41) is 13.9. The standard InChI is InChI=1S/C29H28N4O2S/c1-19(22-9-6-10-24(15-22)35-14-13-27(34)21-7-4-3-5-8-21)31-29-17-26(32-20(2)33-29)23-11-12-25-28(16-23)36-18-30-25/h3-12,15-19,27,34H,13-14H2,1-2H3,(H,31,32,33)/t19?,27-/m0/s1. The van der Waals surface area contributed by atoms with Gasteiger partial charge >= 0.3 is 0 Å². The summed E-state index contributed by atoms with van der Waals surface area (Å²) in [5.41, 5.74) is 6.76. The van der Waals surface area contributed by atoms with E-state index >= 15 is 0 Å². The first kappa shape index (κ1) is 23.9. The third kappa shape index (κ3) is 5.70. The summed E-state index contributed by atoms with van der Waals surface area (Å²) in [7, 11) is 0. The average Bonchev–Trinajstić information content (AvgIpc) is 3.37. The largest absolute Gasteiger partial charge is 0.493 e. The number of aryl methyl sites for hydroxylation is 1. The summed E-state index contributed by atoms with van der Waals surface area (Å²) < 4.78 is 7.08. The number of nitrogens with zero attached hydrogens (tertiary/aromatic N) is 3. The second kappa shape index (κ2) is 10.8. The van der Waals surface area contributed by atoms with E-state index in [1.165, 1.54) is 0 Å². The molecule has 2 aromatic heterocycles. The molecule has 0 fully saturated rings. The molecule has 5 rings (SSSR count). The van der Waals surface area contributed by atoms with Gasteiger partial charge in [0.25, 0.3) is 0 Å². The van der Waals surface area contributed by atoms with E-state index in [2.05, 4.69) is 39.3 Å². The van der Waals surface area contributed by atoms with Crippen molar-refractivity contribution in [3.8, 4) is 17.0 Å².